The Hall–Kier alpha value is -3.40. The van der Waals surface area contributed by atoms with Gasteiger partial charge in [-0.05, 0) is 30.4 Å². The first-order chi connectivity index (χ1) is 11.8. The Balaban J connectivity index is 1.57. The molecule has 2 aromatic heterocycles. The number of para-hydroxylation sites is 2. The third-order valence-electron chi connectivity index (χ3n) is 3.91. The van der Waals surface area contributed by atoms with Crippen molar-refractivity contribution in [2.24, 2.45) is 0 Å². The highest BCUT2D eigenvalue weighted by Gasteiger charge is 2.08. The topological polar surface area (TPSA) is 50.7 Å². The van der Waals surface area contributed by atoms with E-state index in [1.54, 1.807) is 29.2 Å². The van der Waals surface area contributed by atoms with Crippen LogP contribution in [0.25, 0.3) is 22.7 Å². The van der Waals surface area contributed by atoms with Gasteiger partial charge in [-0.1, -0.05) is 36.4 Å². The van der Waals surface area contributed by atoms with Crippen molar-refractivity contribution in [3.8, 4) is 5.69 Å². The van der Waals surface area contributed by atoms with Crippen LogP contribution in [0.3, 0.4) is 0 Å². The molecule has 1 N–H and O–H groups in total. The molecule has 0 saturated heterocycles. The monoisotopic (exact) mass is 313 g/mol. The van der Waals surface area contributed by atoms with E-state index in [1.807, 2.05) is 60.8 Å². The summed E-state index contributed by atoms with van der Waals surface area (Å²) in [6.45, 7) is 0. The fraction of sp³-hybridized carbons (Fsp3) is 0. The van der Waals surface area contributed by atoms with E-state index in [-0.39, 0.29) is 5.78 Å². The number of carbonyl (C=O) groups excluding carboxylic acids is 1. The molecule has 0 bridgehead atoms. The summed E-state index contributed by atoms with van der Waals surface area (Å²) in [7, 11) is 0. The maximum Gasteiger partial charge on any atom is 0.188 e. The Morgan fingerprint density at radius 2 is 1.83 bits per heavy atom. The lowest BCUT2D eigenvalue weighted by Crippen LogP contribution is -1.92. The van der Waals surface area contributed by atoms with E-state index < -0.39 is 0 Å². The molecule has 4 heteroatoms. The Labute approximate surface area is 139 Å². The van der Waals surface area contributed by atoms with Crippen molar-refractivity contribution in [2.45, 2.75) is 0 Å². The standard InChI is InChI=1S/C20H15N3O/c24-20(18-13-21-19-9-5-4-8-17(18)19)11-10-15-12-22-23(14-15)16-6-2-1-3-7-16/h1-14,21H/b11-10+. The van der Waals surface area contributed by atoms with Gasteiger partial charge in [0, 0.05) is 34.4 Å². The molecule has 0 unspecified atom stereocenters. The van der Waals surface area contributed by atoms with E-state index in [2.05, 4.69) is 10.1 Å². The summed E-state index contributed by atoms with van der Waals surface area (Å²) in [6.07, 6.45) is 8.77. The lowest BCUT2D eigenvalue weighted by Gasteiger charge is -1.98. The smallest absolute Gasteiger partial charge is 0.188 e. The van der Waals surface area contributed by atoms with Gasteiger partial charge in [-0.15, -0.1) is 0 Å². The summed E-state index contributed by atoms with van der Waals surface area (Å²) in [6, 6.07) is 17.6. The third kappa shape index (κ3) is 2.65. The summed E-state index contributed by atoms with van der Waals surface area (Å²) in [5.74, 6) is -0.0279. The highest BCUT2D eigenvalue weighted by atomic mass is 16.1. The minimum absolute atomic E-state index is 0.0279. The minimum atomic E-state index is -0.0279. The average molecular weight is 313 g/mol. The van der Waals surface area contributed by atoms with Crippen molar-refractivity contribution in [1.82, 2.24) is 14.8 Å². The molecular formula is C20H15N3O. The second-order valence-corrected chi connectivity index (χ2v) is 5.50. The molecule has 0 spiro atoms. The normalized spacial score (nSPS) is 11.3. The van der Waals surface area contributed by atoms with Crippen LogP contribution in [0.4, 0.5) is 0 Å². The summed E-state index contributed by atoms with van der Waals surface area (Å²) < 4.78 is 1.79. The minimum Gasteiger partial charge on any atom is -0.360 e. The second-order valence-electron chi connectivity index (χ2n) is 5.50. The van der Waals surface area contributed by atoms with Crippen LogP contribution in [0.1, 0.15) is 15.9 Å². The van der Waals surface area contributed by atoms with Gasteiger partial charge < -0.3 is 4.98 Å². The van der Waals surface area contributed by atoms with E-state index in [1.165, 1.54) is 0 Å². The summed E-state index contributed by atoms with van der Waals surface area (Å²) in [5, 5.41) is 5.26. The van der Waals surface area contributed by atoms with Crippen LogP contribution in [0.5, 0.6) is 0 Å². The Bertz CT molecular complexity index is 1030. The second kappa shape index (κ2) is 6.01. The van der Waals surface area contributed by atoms with Crippen LogP contribution in [-0.4, -0.2) is 20.5 Å². The van der Waals surface area contributed by atoms with E-state index in [4.69, 9.17) is 0 Å². The number of H-pyrrole nitrogens is 1. The van der Waals surface area contributed by atoms with Crippen molar-refractivity contribution in [1.29, 1.82) is 0 Å². The van der Waals surface area contributed by atoms with E-state index in [9.17, 15) is 4.79 Å². The Kier molecular flexibility index (Phi) is 3.56. The highest BCUT2D eigenvalue weighted by Crippen LogP contribution is 2.19. The van der Waals surface area contributed by atoms with Crippen molar-refractivity contribution < 1.29 is 4.79 Å². The number of aromatic nitrogens is 3. The first-order valence-electron chi connectivity index (χ1n) is 7.70. The summed E-state index contributed by atoms with van der Waals surface area (Å²) in [5.41, 5.74) is 3.51. The predicted molar refractivity (Wildman–Crippen MR) is 95.2 cm³/mol. The van der Waals surface area contributed by atoms with Gasteiger partial charge in [0.15, 0.2) is 5.78 Å². The number of hydrogen-bond acceptors (Lipinski definition) is 2. The first-order valence-corrected chi connectivity index (χ1v) is 7.70. The number of nitrogens with zero attached hydrogens (tertiary/aromatic N) is 2. The van der Waals surface area contributed by atoms with Gasteiger partial charge in [0.1, 0.15) is 0 Å². The largest absolute Gasteiger partial charge is 0.360 e. The van der Waals surface area contributed by atoms with Crippen molar-refractivity contribution in [3.63, 3.8) is 0 Å². The van der Waals surface area contributed by atoms with Crippen LogP contribution in [0.15, 0.2) is 79.3 Å². The molecule has 0 aliphatic carbocycles. The SMILES string of the molecule is O=C(/C=C/c1cnn(-c2ccccc2)c1)c1c[nH]c2ccccc12. The summed E-state index contributed by atoms with van der Waals surface area (Å²) >= 11 is 0. The van der Waals surface area contributed by atoms with Crippen molar-refractivity contribution in [3.05, 3.63) is 90.4 Å². The molecule has 2 heterocycles. The Morgan fingerprint density at radius 1 is 1.04 bits per heavy atom. The maximum absolute atomic E-state index is 12.4. The molecule has 4 rings (SSSR count). The van der Waals surface area contributed by atoms with E-state index >= 15 is 0 Å². The zero-order chi connectivity index (χ0) is 16.4. The number of hydrogen-bond donors (Lipinski definition) is 1. The van der Waals surface area contributed by atoms with Crippen LogP contribution < -0.4 is 0 Å². The molecule has 0 amide bonds. The van der Waals surface area contributed by atoms with Gasteiger partial charge in [-0.3, -0.25) is 4.79 Å². The maximum atomic E-state index is 12.4. The molecule has 2 aromatic carbocycles. The molecule has 116 valence electrons. The molecular weight excluding hydrogens is 298 g/mol. The van der Waals surface area contributed by atoms with Crippen molar-refractivity contribution >= 4 is 22.8 Å². The molecule has 4 aromatic rings. The summed E-state index contributed by atoms with van der Waals surface area (Å²) in [4.78, 5) is 15.6. The van der Waals surface area contributed by atoms with Gasteiger partial charge >= 0.3 is 0 Å². The molecule has 0 radical (unpaired) electrons. The van der Waals surface area contributed by atoms with Crippen molar-refractivity contribution in [2.75, 3.05) is 0 Å². The number of carbonyl (C=O) groups is 1. The number of ketones is 1. The molecule has 0 fully saturated rings. The third-order valence-corrected chi connectivity index (χ3v) is 3.91. The van der Waals surface area contributed by atoms with Crippen LogP contribution >= 0.6 is 0 Å². The van der Waals surface area contributed by atoms with Crippen LogP contribution in [0, 0.1) is 0 Å². The molecule has 4 nitrogen and oxygen atoms in total. The number of fused-ring (bicyclic) bond motifs is 1. The first kappa shape index (κ1) is 14.2. The lowest BCUT2D eigenvalue weighted by molar-refractivity contribution is 0.104. The highest BCUT2D eigenvalue weighted by molar-refractivity contribution is 6.14. The average Bonchev–Trinajstić information content (AvgIpc) is 3.27. The zero-order valence-corrected chi connectivity index (χ0v) is 12.9. The molecule has 0 aliphatic rings. The molecule has 0 atom stereocenters. The molecule has 24 heavy (non-hydrogen) atoms. The van der Waals surface area contributed by atoms with Gasteiger partial charge in [0.2, 0.25) is 0 Å². The zero-order valence-electron chi connectivity index (χ0n) is 12.9. The number of allylic oxidation sites excluding steroid dienone is 1. The van der Waals surface area contributed by atoms with Crippen LogP contribution in [-0.2, 0) is 0 Å². The number of rotatable bonds is 4. The van der Waals surface area contributed by atoms with Gasteiger partial charge in [0.25, 0.3) is 0 Å². The van der Waals surface area contributed by atoms with Crippen LogP contribution in [0.2, 0.25) is 0 Å². The molecule has 0 aliphatic heterocycles. The van der Waals surface area contributed by atoms with E-state index in [0.717, 1.165) is 22.2 Å². The lowest BCUT2D eigenvalue weighted by atomic mass is 10.1. The van der Waals surface area contributed by atoms with Gasteiger partial charge in [-0.2, -0.15) is 5.10 Å². The number of aromatic amines is 1. The quantitative estimate of drug-likeness (QED) is 0.452. The Morgan fingerprint density at radius 3 is 2.71 bits per heavy atom. The van der Waals surface area contributed by atoms with E-state index in [0.29, 0.717) is 5.56 Å². The number of benzene rings is 2. The number of nitrogens with one attached hydrogen (secondary N) is 1. The fourth-order valence-electron chi connectivity index (χ4n) is 2.68. The van der Waals surface area contributed by atoms with Gasteiger partial charge in [0.05, 0.1) is 11.9 Å². The fourth-order valence-corrected chi connectivity index (χ4v) is 2.68. The molecule has 0 saturated carbocycles. The predicted octanol–water partition coefficient (Wildman–Crippen LogP) is 4.25. The van der Waals surface area contributed by atoms with Gasteiger partial charge in [-0.25, -0.2) is 4.68 Å².